The summed E-state index contributed by atoms with van der Waals surface area (Å²) in [6.07, 6.45) is 2.99. The maximum Gasteiger partial charge on any atom is 0.229 e. The largest absolute Gasteiger partial charge is 0.493 e. The Morgan fingerprint density at radius 3 is 2.34 bits per heavy atom. The molecule has 8 nitrogen and oxygen atoms in total. The number of benzene rings is 2. The molecule has 0 aliphatic carbocycles. The summed E-state index contributed by atoms with van der Waals surface area (Å²) in [4.78, 5) is 0. The molecule has 0 aliphatic rings. The fourth-order valence-electron chi connectivity index (χ4n) is 2.77. The number of aryl methyl sites for hydroxylation is 1. The third-order valence-corrected chi connectivity index (χ3v) is 4.72. The van der Waals surface area contributed by atoms with Gasteiger partial charge in [-0.3, -0.25) is 4.72 Å². The first-order valence-corrected chi connectivity index (χ1v) is 11.1. The number of rotatable bonds is 12. The highest BCUT2D eigenvalue weighted by molar-refractivity contribution is 7.92. The van der Waals surface area contributed by atoms with E-state index < -0.39 is 10.0 Å². The van der Waals surface area contributed by atoms with Crippen molar-refractivity contribution < 1.29 is 22.6 Å². The number of hydrogen-bond acceptors (Lipinski definition) is 7. The van der Waals surface area contributed by atoms with Gasteiger partial charge in [0, 0.05) is 6.54 Å². The third kappa shape index (κ3) is 7.71. The summed E-state index contributed by atoms with van der Waals surface area (Å²) in [5.74, 6) is 1.99. The maximum absolute atomic E-state index is 11.2. The lowest BCUT2D eigenvalue weighted by Gasteiger charge is -2.12. The van der Waals surface area contributed by atoms with Gasteiger partial charge in [0.1, 0.15) is 12.4 Å². The first-order valence-electron chi connectivity index (χ1n) is 9.24. The number of sulfonamides is 1. The second-order valence-corrected chi connectivity index (χ2v) is 8.27. The van der Waals surface area contributed by atoms with Crippen LogP contribution in [0.5, 0.6) is 17.2 Å². The predicted molar refractivity (Wildman–Crippen MR) is 116 cm³/mol. The Balaban J connectivity index is 1.67. The number of nitrogen functional groups attached to an aromatic ring is 1. The van der Waals surface area contributed by atoms with Crippen molar-refractivity contribution in [2.24, 2.45) is 0 Å². The maximum atomic E-state index is 11.2. The van der Waals surface area contributed by atoms with Gasteiger partial charge in [0.25, 0.3) is 0 Å². The van der Waals surface area contributed by atoms with E-state index in [0.717, 1.165) is 37.1 Å². The van der Waals surface area contributed by atoms with Crippen molar-refractivity contribution in [1.29, 1.82) is 0 Å². The van der Waals surface area contributed by atoms with Gasteiger partial charge < -0.3 is 25.3 Å². The molecule has 29 heavy (non-hydrogen) atoms. The van der Waals surface area contributed by atoms with Crippen LogP contribution in [0.2, 0.25) is 0 Å². The summed E-state index contributed by atoms with van der Waals surface area (Å²) in [7, 11) is -0.0802. The van der Waals surface area contributed by atoms with Crippen LogP contribution in [0.3, 0.4) is 0 Å². The lowest BCUT2D eigenvalue weighted by molar-refractivity contribution is 0.315. The zero-order chi connectivity index (χ0) is 21.3. The van der Waals surface area contributed by atoms with Crippen LogP contribution in [0.1, 0.15) is 12.0 Å². The Kier molecular flexibility index (Phi) is 8.41. The van der Waals surface area contributed by atoms with Crippen molar-refractivity contribution >= 4 is 21.4 Å². The van der Waals surface area contributed by atoms with Gasteiger partial charge in [0.2, 0.25) is 10.0 Å². The molecule has 0 spiro atoms. The van der Waals surface area contributed by atoms with Gasteiger partial charge in [-0.2, -0.15) is 0 Å². The number of methoxy groups -OCH3 is 2. The quantitative estimate of drug-likeness (QED) is 0.355. The first-order chi connectivity index (χ1) is 13.8. The number of nitrogens with two attached hydrogens (primary N) is 1. The summed E-state index contributed by atoms with van der Waals surface area (Å²) >= 11 is 0. The highest BCUT2D eigenvalue weighted by atomic mass is 32.2. The SMILES string of the molecule is COc1ccc(CCCNCCOc2ccc(NS(C)(=O)=O)cc2N)cc1OC. The van der Waals surface area contributed by atoms with Crippen LogP contribution in [-0.2, 0) is 16.4 Å². The molecule has 9 heteroatoms. The number of anilines is 2. The van der Waals surface area contributed by atoms with Gasteiger partial charge in [0.15, 0.2) is 11.5 Å². The molecular formula is C20H29N3O5S. The lowest BCUT2D eigenvalue weighted by atomic mass is 10.1. The molecule has 0 unspecified atom stereocenters. The standard InChI is InChI=1S/C20H29N3O5S/c1-26-19-8-6-15(13-20(19)27-2)5-4-10-22-11-12-28-18-9-7-16(14-17(18)21)23-29(3,24)25/h6-9,13-14,22-23H,4-5,10-12,21H2,1-3H3. The average molecular weight is 424 g/mol. The molecule has 4 N–H and O–H groups in total. The molecule has 0 aliphatic heterocycles. The average Bonchev–Trinajstić information content (AvgIpc) is 2.67. The second-order valence-electron chi connectivity index (χ2n) is 6.52. The molecule has 0 radical (unpaired) electrons. The van der Waals surface area contributed by atoms with E-state index in [1.807, 2.05) is 18.2 Å². The Morgan fingerprint density at radius 2 is 1.69 bits per heavy atom. The van der Waals surface area contributed by atoms with E-state index >= 15 is 0 Å². The highest BCUT2D eigenvalue weighted by Crippen LogP contribution is 2.28. The monoisotopic (exact) mass is 423 g/mol. The molecular weight excluding hydrogens is 394 g/mol. The normalized spacial score (nSPS) is 11.1. The molecule has 0 fully saturated rings. The Bertz CT molecular complexity index is 903. The van der Waals surface area contributed by atoms with Gasteiger partial charge in [0.05, 0.1) is 31.9 Å². The second kappa shape index (κ2) is 10.8. The zero-order valence-electron chi connectivity index (χ0n) is 17.0. The fraction of sp³-hybridized carbons (Fsp3) is 0.400. The topological polar surface area (TPSA) is 112 Å². The number of ether oxygens (including phenoxy) is 3. The third-order valence-electron chi connectivity index (χ3n) is 4.12. The van der Waals surface area contributed by atoms with Crippen molar-refractivity contribution in [2.75, 3.05) is 50.6 Å². The smallest absolute Gasteiger partial charge is 0.229 e. The minimum atomic E-state index is -3.33. The van der Waals surface area contributed by atoms with Crippen molar-refractivity contribution in [3.05, 3.63) is 42.0 Å². The molecule has 0 atom stereocenters. The molecule has 0 amide bonds. The summed E-state index contributed by atoms with van der Waals surface area (Å²) in [6, 6.07) is 10.7. The van der Waals surface area contributed by atoms with Crippen LogP contribution >= 0.6 is 0 Å². The van der Waals surface area contributed by atoms with Crippen LogP contribution in [0.25, 0.3) is 0 Å². The van der Waals surface area contributed by atoms with Crippen LogP contribution in [0, 0.1) is 0 Å². The van der Waals surface area contributed by atoms with Crippen LogP contribution in [-0.4, -0.2) is 48.6 Å². The highest BCUT2D eigenvalue weighted by Gasteiger charge is 2.06. The Labute approximate surface area is 172 Å². The summed E-state index contributed by atoms with van der Waals surface area (Å²) < 4.78 is 41.1. The van der Waals surface area contributed by atoms with Gasteiger partial charge in [-0.05, 0) is 55.3 Å². The number of nitrogens with one attached hydrogen (secondary N) is 2. The molecule has 2 aromatic rings. The van der Waals surface area contributed by atoms with Crippen molar-refractivity contribution in [3.63, 3.8) is 0 Å². The molecule has 0 aromatic heterocycles. The molecule has 0 saturated carbocycles. The van der Waals surface area contributed by atoms with E-state index in [9.17, 15) is 8.42 Å². The van der Waals surface area contributed by atoms with Crippen molar-refractivity contribution in [3.8, 4) is 17.2 Å². The van der Waals surface area contributed by atoms with E-state index in [2.05, 4.69) is 10.0 Å². The van der Waals surface area contributed by atoms with Crippen molar-refractivity contribution in [2.45, 2.75) is 12.8 Å². The van der Waals surface area contributed by atoms with Gasteiger partial charge in [-0.1, -0.05) is 6.07 Å². The van der Waals surface area contributed by atoms with E-state index in [0.29, 0.717) is 30.3 Å². The summed E-state index contributed by atoms with van der Waals surface area (Å²) in [5, 5.41) is 3.33. The lowest BCUT2D eigenvalue weighted by Crippen LogP contribution is -2.22. The molecule has 0 heterocycles. The van der Waals surface area contributed by atoms with Crippen LogP contribution in [0.15, 0.2) is 36.4 Å². The molecule has 2 aromatic carbocycles. The summed E-state index contributed by atoms with van der Waals surface area (Å²) in [5.41, 5.74) is 7.89. The minimum Gasteiger partial charge on any atom is -0.493 e. The first kappa shape index (κ1) is 22.6. The zero-order valence-corrected chi connectivity index (χ0v) is 17.8. The van der Waals surface area contributed by atoms with E-state index in [1.54, 1.807) is 26.4 Å². The Hall–Kier alpha value is -2.65. The molecule has 0 saturated heterocycles. The minimum absolute atomic E-state index is 0.382. The number of hydrogen-bond donors (Lipinski definition) is 3. The van der Waals surface area contributed by atoms with E-state index in [4.69, 9.17) is 19.9 Å². The fourth-order valence-corrected chi connectivity index (χ4v) is 3.32. The van der Waals surface area contributed by atoms with Gasteiger partial charge in [-0.15, -0.1) is 0 Å². The Morgan fingerprint density at radius 1 is 0.966 bits per heavy atom. The van der Waals surface area contributed by atoms with Crippen molar-refractivity contribution in [1.82, 2.24) is 5.32 Å². The van der Waals surface area contributed by atoms with E-state index in [-0.39, 0.29) is 0 Å². The van der Waals surface area contributed by atoms with Gasteiger partial charge in [-0.25, -0.2) is 8.42 Å². The predicted octanol–water partition coefficient (Wildman–Crippen LogP) is 2.26. The molecule has 160 valence electrons. The van der Waals surface area contributed by atoms with Gasteiger partial charge >= 0.3 is 0 Å². The van der Waals surface area contributed by atoms with Crippen LogP contribution in [0.4, 0.5) is 11.4 Å². The van der Waals surface area contributed by atoms with E-state index in [1.165, 1.54) is 11.6 Å². The molecule has 2 rings (SSSR count). The van der Waals surface area contributed by atoms with Crippen LogP contribution < -0.4 is 30.0 Å². The molecule has 0 bridgehead atoms. The summed E-state index contributed by atoms with van der Waals surface area (Å²) in [6.45, 7) is 1.98.